The Bertz CT molecular complexity index is 4.00. The van der Waals surface area contributed by atoms with E-state index in [0.717, 1.165) is 0 Å². The molecule has 30 valence electrons. The van der Waals surface area contributed by atoms with E-state index in [1.807, 2.05) is 0 Å². The van der Waals surface area contributed by atoms with Crippen molar-refractivity contribution < 1.29 is 40.0 Å². The van der Waals surface area contributed by atoms with Gasteiger partial charge in [-0.3, -0.25) is 0 Å². The van der Waals surface area contributed by atoms with Crippen molar-refractivity contribution in [2.45, 2.75) is 0 Å². The summed E-state index contributed by atoms with van der Waals surface area (Å²) in [5, 5.41) is 0. The molecule has 0 radical (unpaired) electrons. The molecule has 4 heteroatoms. The Morgan fingerprint density at radius 1 is 1.25 bits per heavy atom. The van der Waals surface area contributed by atoms with Crippen molar-refractivity contribution in [2.75, 3.05) is 0 Å². The van der Waals surface area contributed by atoms with E-state index in [-0.39, 0.29) is 17.1 Å². The monoisotopic (exact) mass is 150 g/mol. The van der Waals surface area contributed by atoms with Gasteiger partial charge in [-0.1, -0.05) is 0 Å². The molecule has 0 aliphatic carbocycles. The van der Waals surface area contributed by atoms with Crippen molar-refractivity contribution in [1.82, 2.24) is 0 Å². The van der Waals surface area contributed by atoms with E-state index in [1.165, 1.54) is 0 Å². The minimum absolute atomic E-state index is 0. The van der Waals surface area contributed by atoms with Gasteiger partial charge < -0.3 is 0 Å². The van der Waals surface area contributed by atoms with Crippen LogP contribution in [0.2, 0.25) is 0 Å². The Morgan fingerprint density at radius 2 is 1.25 bits per heavy atom. The smallest absolute Gasteiger partial charge is 0 e. The third kappa shape index (κ3) is 12.9. The van der Waals surface area contributed by atoms with Crippen molar-refractivity contribution in [3.63, 3.8) is 0 Å². The normalized spacial score (nSPS) is 5.50. The van der Waals surface area contributed by atoms with Crippen LogP contribution in [0.5, 0.6) is 0 Å². The van der Waals surface area contributed by atoms with Gasteiger partial charge in [0.1, 0.15) is 0 Å². The van der Waals surface area contributed by atoms with Crippen molar-refractivity contribution >= 4 is 0 Å². The van der Waals surface area contributed by atoms with Crippen molar-refractivity contribution in [3.05, 3.63) is 0 Å². The first-order chi connectivity index (χ1) is 1.41. The number of hydrogen-bond acceptors (Lipinski definition) is 0. The van der Waals surface area contributed by atoms with E-state index in [0.29, 0.717) is 0 Å². The molecule has 0 saturated carbocycles. The maximum absolute atomic E-state index is 9.62. The average Bonchev–Trinajstić information content (AvgIpc) is 0.918. The molecule has 0 unspecified atom stereocenters. The largest absolute Gasteiger partial charge is 0 e. The van der Waals surface area contributed by atoms with E-state index in [4.69, 9.17) is 0 Å². The predicted molar refractivity (Wildman–Crippen MR) is 2.22 cm³/mol. The van der Waals surface area contributed by atoms with Gasteiger partial charge in [0.15, 0.2) is 0 Å². The van der Waals surface area contributed by atoms with Crippen LogP contribution in [0, 0.1) is 0 Å². The zero-order valence-corrected chi connectivity index (χ0v) is 3.67. The number of hydrogen-bond donors (Lipinski definition) is 0. The summed E-state index contributed by atoms with van der Waals surface area (Å²) in [5.74, 6) is 0. The molecule has 0 spiro atoms. The Labute approximate surface area is 40.5 Å². The van der Waals surface area contributed by atoms with Crippen LogP contribution in [0.25, 0.3) is 0 Å². The van der Waals surface area contributed by atoms with Gasteiger partial charge in [-0.05, 0) is 0 Å². The van der Waals surface area contributed by atoms with Gasteiger partial charge in [0.25, 0.3) is 0 Å². The molecule has 0 aromatic rings. The molecule has 0 aliphatic heterocycles. The molecule has 0 atom stereocenters. The van der Waals surface area contributed by atoms with Crippen LogP contribution in [-0.4, -0.2) is 0 Å². The number of rotatable bonds is 0. The SMILES string of the molecule is [F][Fe][F].[Fe]. The summed E-state index contributed by atoms with van der Waals surface area (Å²) in [5.41, 5.74) is 0. The fourth-order valence-electron chi connectivity index (χ4n) is 0. The maximum atomic E-state index is 9.62. The van der Waals surface area contributed by atoms with E-state index in [2.05, 4.69) is 0 Å². The minimum Gasteiger partial charge on any atom is 0 e. The van der Waals surface area contributed by atoms with E-state index in [9.17, 15) is 7.10 Å². The molecule has 0 nitrogen and oxygen atoms in total. The molecule has 4 heavy (non-hydrogen) atoms. The second kappa shape index (κ2) is 9.09. The fraction of sp³-hybridized carbons (Fsp3) is 0. The third-order valence-electron chi connectivity index (χ3n) is 0. The molecule has 0 saturated heterocycles. The summed E-state index contributed by atoms with van der Waals surface area (Å²) >= 11 is -1.75. The molecule has 0 fully saturated rings. The van der Waals surface area contributed by atoms with Gasteiger partial charge in [-0.15, -0.1) is 0 Å². The number of halogens is 2. The first-order valence-electron chi connectivity index (χ1n) is 0.267. The second-order valence-electron chi connectivity index (χ2n) is 0.0505. The molecule has 0 amide bonds. The van der Waals surface area contributed by atoms with Crippen LogP contribution < -0.4 is 0 Å². The molecule has 0 aromatic carbocycles. The van der Waals surface area contributed by atoms with E-state index < -0.39 is 15.9 Å². The van der Waals surface area contributed by atoms with Crippen LogP contribution in [0.15, 0.2) is 0 Å². The zero-order valence-electron chi connectivity index (χ0n) is 1.46. The molecular weight excluding hydrogens is 150 g/mol. The molecule has 0 bridgehead atoms. The summed E-state index contributed by atoms with van der Waals surface area (Å²) in [6.07, 6.45) is 0. The van der Waals surface area contributed by atoms with Crippen LogP contribution in [0.1, 0.15) is 0 Å². The van der Waals surface area contributed by atoms with Crippen LogP contribution >= 0.6 is 0 Å². The topological polar surface area (TPSA) is 0 Å². The first kappa shape index (κ1) is 8.86. The van der Waals surface area contributed by atoms with Crippen LogP contribution in [0.3, 0.4) is 0 Å². The predicted octanol–water partition coefficient (Wildman–Crippen LogP) is 0.835. The molecule has 0 rings (SSSR count). The van der Waals surface area contributed by atoms with Gasteiger partial charge in [0, 0.05) is 17.1 Å². The van der Waals surface area contributed by atoms with Crippen LogP contribution in [0.4, 0.5) is 7.10 Å². The minimum atomic E-state index is -1.75. The summed E-state index contributed by atoms with van der Waals surface area (Å²) in [6, 6.07) is 0. The summed E-state index contributed by atoms with van der Waals surface area (Å²) in [6.45, 7) is 0. The molecule has 0 aliphatic rings. The summed E-state index contributed by atoms with van der Waals surface area (Å²) < 4.78 is 19.2. The molecular formula is F2Fe2. The van der Waals surface area contributed by atoms with Crippen LogP contribution in [-0.2, 0) is 32.9 Å². The Kier molecular flexibility index (Phi) is 20.1. The Hall–Kier alpha value is 0.899. The fourth-order valence-corrected chi connectivity index (χ4v) is 0. The quantitative estimate of drug-likeness (QED) is 0.448. The summed E-state index contributed by atoms with van der Waals surface area (Å²) in [7, 11) is 0. The van der Waals surface area contributed by atoms with Gasteiger partial charge in [-0.2, -0.15) is 0 Å². The standard InChI is InChI=1S/2FH.2Fe/h2*1H;;/q;;;+2/p-2. The van der Waals surface area contributed by atoms with E-state index >= 15 is 0 Å². The van der Waals surface area contributed by atoms with Gasteiger partial charge in [-0.25, -0.2) is 0 Å². The van der Waals surface area contributed by atoms with Crippen molar-refractivity contribution in [3.8, 4) is 0 Å². The molecule has 0 aromatic heterocycles. The van der Waals surface area contributed by atoms with Crippen molar-refractivity contribution in [2.24, 2.45) is 0 Å². The van der Waals surface area contributed by atoms with Gasteiger partial charge in [0.2, 0.25) is 0 Å². The maximum Gasteiger partial charge on any atom is 0 e. The first-order valence-corrected chi connectivity index (χ1v) is 1.10. The average molecular weight is 150 g/mol. The Balaban J connectivity index is 0. The Morgan fingerprint density at radius 3 is 1.25 bits per heavy atom. The molecule has 0 N–H and O–H groups in total. The van der Waals surface area contributed by atoms with Gasteiger partial charge in [0.05, 0.1) is 0 Å². The zero-order chi connectivity index (χ0) is 2.71. The van der Waals surface area contributed by atoms with E-state index in [1.54, 1.807) is 0 Å². The van der Waals surface area contributed by atoms with Gasteiger partial charge >= 0.3 is 23.0 Å². The summed E-state index contributed by atoms with van der Waals surface area (Å²) in [4.78, 5) is 0. The van der Waals surface area contributed by atoms with Crippen molar-refractivity contribution in [1.29, 1.82) is 0 Å². The molecule has 0 heterocycles. The third-order valence-corrected chi connectivity index (χ3v) is 0. The second-order valence-corrected chi connectivity index (χ2v) is 0.208.